The van der Waals surface area contributed by atoms with Gasteiger partial charge in [0.25, 0.3) is 0 Å². The summed E-state index contributed by atoms with van der Waals surface area (Å²) in [6, 6.07) is 5.03. The summed E-state index contributed by atoms with van der Waals surface area (Å²) in [7, 11) is 3.00. The molecule has 1 aromatic carbocycles. The van der Waals surface area contributed by atoms with Gasteiger partial charge in [-0.15, -0.1) is 0 Å². The van der Waals surface area contributed by atoms with Crippen LogP contribution in [0.25, 0.3) is 0 Å². The monoisotopic (exact) mass is 264 g/mol. The molecule has 0 aromatic heterocycles. The molecule has 1 heterocycles. The number of methoxy groups -OCH3 is 2. The van der Waals surface area contributed by atoms with E-state index in [9.17, 15) is 14.7 Å². The Balaban J connectivity index is 2.35. The molecule has 0 spiro atoms. The number of amides is 1. The maximum Gasteiger partial charge on any atom is 0.227 e. The van der Waals surface area contributed by atoms with Crippen LogP contribution < -0.4 is 19.5 Å². The van der Waals surface area contributed by atoms with Gasteiger partial charge in [0.1, 0.15) is 11.5 Å². The molecule has 0 N–H and O–H groups in total. The quantitative estimate of drug-likeness (QED) is 0.753. The number of anilines is 1. The number of carboxylic acid groups (broad SMARTS) is 1. The van der Waals surface area contributed by atoms with Gasteiger partial charge in [0.15, 0.2) is 0 Å². The average Bonchev–Trinajstić information content (AvgIpc) is 2.80. The fourth-order valence-electron chi connectivity index (χ4n) is 2.11. The van der Waals surface area contributed by atoms with Gasteiger partial charge in [-0.3, -0.25) is 4.79 Å². The van der Waals surface area contributed by atoms with Gasteiger partial charge in [0.05, 0.1) is 19.9 Å². The number of rotatable bonds is 4. The highest BCUT2D eigenvalue weighted by atomic mass is 16.5. The largest absolute Gasteiger partial charge is 0.550 e. The molecule has 1 fully saturated rings. The molecule has 1 amide bonds. The minimum atomic E-state index is -1.21. The minimum absolute atomic E-state index is 0.0529. The number of hydrogen-bond donors (Lipinski definition) is 0. The Labute approximate surface area is 110 Å². The fraction of sp³-hybridized carbons (Fsp3) is 0.385. The average molecular weight is 264 g/mol. The van der Waals surface area contributed by atoms with Crippen molar-refractivity contribution in [1.29, 1.82) is 0 Å². The van der Waals surface area contributed by atoms with Crippen molar-refractivity contribution >= 4 is 17.6 Å². The van der Waals surface area contributed by atoms with Crippen molar-refractivity contribution in [3.8, 4) is 11.5 Å². The summed E-state index contributed by atoms with van der Waals surface area (Å²) >= 11 is 0. The third kappa shape index (κ3) is 2.47. The minimum Gasteiger partial charge on any atom is -0.550 e. The van der Waals surface area contributed by atoms with Crippen LogP contribution in [-0.2, 0) is 9.59 Å². The molecule has 6 nitrogen and oxygen atoms in total. The molecule has 0 bridgehead atoms. The number of nitrogens with zero attached hydrogens (tertiary/aromatic N) is 1. The first-order valence-corrected chi connectivity index (χ1v) is 5.80. The third-order valence-corrected chi connectivity index (χ3v) is 3.14. The van der Waals surface area contributed by atoms with Crippen LogP contribution >= 0.6 is 0 Å². The van der Waals surface area contributed by atoms with E-state index in [0.29, 0.717) is 17.2 Å². The molecule has 0 unspecified atom stereocenters. The summed E-state index contributed by atoms with van der Waals surface area (Å²) in [5, 5.41) is 10.9. The Hall–Kier alpha value is -2.24. The Morgan fingerprint density at radius 2 is 2.11 bits per heavy atom. The normalized spacial score (nSPS) is 18.5. The van der Waals surface area contributed by atoms with Crippen LogP contribution in [-0.4, -0.2) is 32.6 Å². The van der Waals surface area contributed by atoms with Crippen molar-refractivity contribution in [2.45, 2.75) is 6.42 Å². The van der Waals surface area contributed by atoms with Gasteiger partial charge in [-0.1, -0.05) is 0 Å². The topological polar surface area (TPSA) is 78.9 Å². The van der Waals surface area contributed by atoms with E-state index >= 15 is 0 Å². The van der Waals surface area contributed by atoms with Crippen molar-refractivity contribution in [2.24, 2.45) is 5.92 Å². The number of ether oxygens (including phenoxy) is 2. The molecule has 1 aliphatic heterocycles. The lowest BCUT2D eigenvalue weighted by Gasteiger charge is -2.20. The Kier molecular flexibility index (Phi) is 3.59. The van der Waals surface area contributed by atoms with Gasteiger partial charge in [-0.2, -0.15) is 0 Å². The van der Waals surface area contributed by atoms with Gasteiger partial charge in [0.2, 0.25) is 5.91 Å². The molecule has 0 radical (unpaired) electrons. The van der Waals surface area contributed by atoms with Crippen LogP contribution in [0.5, 0.6) is 11.5 Å². The second-order valence-electron chi connectivity index (χ2n) is 4.26. The molecular weight excluding hydrogens is 250 g/mol. The summed E-state index contributed by atoms with van der Waals surface area (Å²) in [5.74, 6) is -1.20. The summed E-state index contributed by atoms with van der Waals surface area (Å²) in [6.07, 6.45) is -0.0529. The number of carboxylic acids is 1. The van der Waals surface area contributed by atoms with E-state index in [2.05, 4.69) is 0 Å². The van der Waals surface area contributed by atoms with E-state index < -0.39 is 11.9 Å². The summed E-state index contributed by atoms with van der Waals surface area (Å²) < 4.78 is 10.3. The summed E-state index contributed by atoms with van der Waals surface area (Å²) in [6.45, 7) is 0.0880. The first-order chi connectivity index (χ1) is 9.06. The van der Waals surface area contributed by atoms with Crippen molar-refractivity contribution < 1.29 is 24.2 Å². The van der Waals surface area contributed by atoms with Crippen LogP contribution in [0.3, 0.4) is 0 Å². The maximum atomic E-state index is 11.9. The van der Waals surface area contributed by atoms with Gasteiger partial charge in [-0.05, 0) is 12.1 Å². The number of aliphatic carboxylic acids is 1. The first kappa shape index (κ1) is 13.2. The number of benzene rings is 1. The summed E-state index contributed by atoms with van der Waals surface area (Å²) in [5.41, 5.74) is 0.510. The highest BCUT2D eigenvalue weighted by Crippen LogP contribution is 2.35. The Bertz CT molecular complexity index is 514. The van der Waals surface area contributed by atoms with Gasteiger partial charge >= 0.3 is 0 Å². The first-order valence-electron chi connectivity index (χ1n) is 5.80. The molecular formula is C13H14NO5-. The smallest absolute Gasteiger partial charge is 0.227 e. The van der Waals surface area contributed by atoms with Crippen molar-refractivity contribution in [3.05, 3.63) is 18.2 Å². The molecule has 1 saturated heterocycles. The molecule has 1 aliphatic rings. The van der Waals surface area contributed by atoms with E-state index in [0.717, 1.165) is 0 Å². The van der Waals surface area contributed by atoms with Gasteiger partial charge < -0.3 is 24.3 Å². The standard InChI is InChI=1S/C13H15NO5/c1-18-9-3-4-11(19-2)10(6-9)14-7-8(13(16)17)5-12(14)15/h3-4,6,8H,5,7H2,1-2H3,(H,16,17)/p-1/t8-/m0/s1. The second-order valence-corrected chi connectivity index (χ2v) is 4.26. The van der Waals surface area contributed by atoms with Gasteiger partial charge in [0, 0.05) is 30.9 Å². The zero-order chi connectivity index (χ0) is 14.0. The molecule has 0 saturated carbocycles. The molecule has 0 aliphatic carbocycles. The van der Waals surface area contributed by atoms with Crippen LogP contribution in [0.15, 0.2) is 18.2 Å². The number of carbonyl (C=O) groups excluding carboxylic acids is 2. The molecule has 1 aromatic rings. The van der Waals surface area contributed by atoms with E-state index in [1.165, 1.54) is 19.1 Å². The van der Waals surface area contributed by atoms with E-state index in [1.807, 2.05) is 0 Å². The van der Waals surface area contributed by atoms with E-state index in [-0.39, 0.29) is 18.9 Å². The molecule has 2 rings (SSSR count). The van der Waals surface area contributed by atoms with Crippen LogP contribution in [0.1, 0.15) is 6.42 Å². The Morgan fingerprint density at radius 1 is 1.37 bits per heavy atom. The van der Waals surface area contributed by atoms with Crippen LogP contribution in [0.2, 0.25) is 0 Å². The molecule has 19 heavy (non-hydrogen) atoms. The molecule has 1 atom stereocenters. The van der Waals surface area contributed by atoms with Crippen molar-refractivity contribution in [1.82, 2.24) is 0 Å². The lowest BCUT2D eigenvalue weighted by atomic mass is 10.1. The number of carbonyl (C=O) groups is 2. The van der Waals surface area contributed by atoms with Gasteiger partial charge in [-0.25, -0.2) is 0 Å². The predicted octanol–water partition coefficient (Wildman–Crippen LogP) is -0.193. The Morgan fingerprint density at radius 3 is 2.63 bits per heavy atom. The lowest BCUT2D eigenvalue weighted by Crippen LogP contribution is -2.33. The second kappa shape index (κ2) is 5.17. The maximum absolute atomic E-state index is 11.9. The number of hydrogen-bond acceptors (Lipinski definition) is 5. The zero-order valence-electron chi connectivity index (χ0n) is 10.7. The molecule has 6 heteroatoms. The summed E-state index contributed by atoms with van der Waals surface area (Å²) in [4.78, 5) is 24.1. The zero-order valence-corrected chi connectivity index (χ0v) is 10.7. The van der Waals surface area contributed by atoms with Crippen molar-refractivity contribution in [2.75, 3.05) is 25.7 Å². The highest BCUT2D eigenvalue weighted by molar-refractivity contribution is 6.00. The molecule has 102 valence electrons. The lowest BCUT2D eigenvalue weighted by molar-refractivity contribution is -0.310. The fourth-order valence-corrected chi connectivity index (χ4v) is 2.11. The van der Waals surface area contributed by atoms with E-state index in [1.54, 1.807) is 18.2 Å². The van der Waals surface area contributed by atoms with Crippen molar-refractivity contribution in [3.63, 3.8) is 0 Å². The SMILES string of the molecule is COc1ccc(OC)c(N2C[C@@H](C(=O)[O-])CC2=O)c1. The third-order valence-electron chi connectivity index (χ3n) is 3.14. The predicted molar refractivity (Wildman–Crippen MR) is 65.0 cm³/mol. The van der Waals surface area contributed by atoms with Crippen LogP contribution in [0, 0.1) is 5.92 Å². The van der Waals surface area contributed by atoms with E-state index in [4.69, 9.17) is 9.47 Å². The highest BCUT2D eigenvalue weighted by Gasteiger charge is 2.33. The van der Waals surface area contributed by atoms with Crippen LogP contribution in [0.4, 0.5) is 5.69 Å².